The van der Waals surface area contributed by atoms with Crippen LogP contribution in [0.2, 0.25) is 0 Å². The maximum Gasteiger partial charge on any atom is 0.164 e. The summed E-state index contributed by atoms with van der Waals surface area (Å²) in [7, 11) is 0. The van der Waals surface area contributed by atoms with Crippen LogP contribution in [0.15, 0.2) is 144 Å². The Morgan fingerprint density at radius 1 is 0.405 bits per heavy atom. The molecule has 1 spiro atoms. The Morgan fingerprint density at radius 3 is 1.62 bits per heavy atom. The summed E-state index contributed by atoms with van der Waals surface area (Å²) in [5.41, 5.74) is 10.7. The summed E-state index contributed by atoms with van der Waals surface area (Å²) in [4.78, 5) is 15.1. The lowest BCUT2D eigenvalue weighted by Gasteiger charge is -2.28. The van der Waals surface area contributed by atoms with Crippen LogP contribution < -0.4 is 0 Å². The molecule has 1 unspecified atom stereocenters. The van der Waals surface area contributed by atoms with Crippen LogP contribution in [0.3, 0.4) is 0 Å². The molecule has 5 aromatic carbocycles. The van der Waals surface area contributed by atoms with E-state index < -0.39 is 5.41 Å². The van der Waals surface area contributed by atoms with E-state index >= 15 is 0 Å². The SMILES string of the molecule is c1ccc(-c2nc(-c3ccccc3)nc(-c3cccc4c3-c3ccccc3C43c4ccccc4-c4ccoc43)n2)cc1. The molecule has 2 aliphatic carbocycles. The first-order valence-corrected chi connectivity index (χ1v) is 14.1. The summed E-state index contributed by atoms with van der Waals surface area (Å²) < 4.78 is 6.37. The average Bonchev–Trinajstić information content (AvgIpc) is 3.74. The van der Waals surface area contributed by atoms with Crippen molar-refractivity contribution < 1.29 is 4.42 Å². The first kappa shape index (κ1) is 23.1. The van der Waals surface area contributed by atoms with Crippen molar-refractivity contribution >= 4 is 0 Å². The summed E-state index contributed by atoms with van der Waals surface area (Å²) in [5.74, 6) is 2.92. The third-order valence-electron chi connectivity index (χ3n) is 8.64. The minimum atomic E-state index is -0.547. The molecule has 0 bridgehead atoms. The molecule has 42 heavy (non-hydrogen) atoms. The summed E-state index contributed by atoms with van der Waals surface area (Å²) in [5, 5.41) is 0. The zero-order chi connectivity index (χ0) is 27.7. The fraction of sp³-hybridized carbons (Fsp3) is 0.0263. The normalized spacial score (nSPS) is 15.7. The Balaban J connectivity index is 1.36. The van der Waals surface area contributed by atoms with E-state index in [2.05, 4.69) is 72.8 Å². The summed E-state index contributed by atoms with van der Waals surface area (Å²) in [6.45, 7) is 0. The van der Waals surface area contributed by atoms with E-state index in [-0.39, 0.29) is 0 Å². The summed E-state index contributed by atoms with van der Waals surface area (Å²) in [6.07, 6.45) is 1.82. The molecule has 7 aromatic rings. The molecule has 2 heterocycles. The lowest BCUT2D eigenvalue weighted by molar-refractivity contribution is 0.474. The summed E-state index contributed by atoms with van der Waals surface area (Å²) in [6, 6.07) is 46.2. The van der Waals surface area contributed by atoms with Gasteiger partial charge in [-0.2, -0.15) is 0 Å². The van der Waals surface area contributed by atoms with E-state index in [0.29, 0.717) is 17.5 Å². The van der Waals surface area contributed by atoms with Crippen LogP contribution in [-0.4, -0.2) is 15.0 Å². The van der Waals surface area contributed by atoms with Crippen molar-refractivity contribution in [1.82, 2.24) is 15.0 Å². The van der Waals surface area contributed by atoms with Gasteiger partial charge in [0.15, 0.2) is 17.5 Å². The fourth-order valence-electron chi connectivity index (χ4n) is 6.96. The topological polar surface area (TPSA) is 51.8 Å². The molecule has 1 atom stereocenters. The quantitative estimate of drug-likeness (QED) is 0.226. The standard InChI is InChI=1S/C38H23N3O/c1-3-12-24(13-4-1)35-39-36(25-14-5-2-6-15-25)41-37(40-35)29-18-11-21-32-33(29)28-17-8-10-20-31(28)38(32)30-19-9-7-16-26(30)27-22-23-42-34(27)38/h1-23H. The average molecular weight is 538 g/mol. The molecule has 0 amide bonds. The van der Waals surface area contributed by atoms with Gasteiger partial charge < -0.3 is 4.42 Å². The monoisotopic (exact) mass is 537 g/mol. The van der Waals surface area contributed by atoms with Crippen molar-refractivity contribution in [2.45, 2.75) is 5.41 Å². The van der Waals surface area contributed by atoms with Crippen molar-refractivity contribution in [3.05, 3.63) is 162 Å². The molecule has 4 heteroatoms. The molecule has 0 fully saturated rings. The first-order valence-electron chi connectivity index (χ1n) is 14.1. The predicted octanol–water partition coefficient (Wildman–Crippen LogP) is 8.81. The molecule has 2 aliphatic rings. The van der Waals surface area contributed by atoms with Gasteiger partial charge in [0.05, 0.1) is 6.26 Å². The van der Waals surface area contributed by atoms with Crippen LogP contribution in [0, 0.1) is 0 Å². The molecular formula is C38H23N3O. The molecule has 0 N–H and O–H groups in total. The minimum absolute atomic E-state index is 0.547. The van der Waals surface area contributed by atoms with E-state index in [9.17, 15) is 0 Å². The van der Waals surface area contributed by atoms with Crippen molar-refractivity contribution in [1.29, 1.82) is 0 Å². The van der Waals surface area contributed by atoms with E-state index in [1.807, 2.05) is 66.9 Å². The Kier molecular flexibility index (Phi) is 4.79. The highest BCUT2D eigenvalue weighted by Crippen LogP contribution is 2.64. The van der Waals surface area contributed by atoms with E-state index in [1.165, 1.54) is 27.8 Å². The minimum Gasteiger partial charge on any atom is -0.467 e. The Morgan fingerprint density at radius 2 is 0.929 bits per heavy atom. The third kappa shape index (κ3) is 3.04. The van der Waals surface area contributed by atoms with Crippen LogP contribution in [0.4, 0.5) is 0 Å². The van der Waals surface area contributed by atoms with Crippen LogP contribution in [0.1, 0.15) is 22.5 Å². The van der Waals surface area contributed by atoms with Crippen LogP contribution >= 0.6 is 0 Å². The zero-order valence-electron chi connectivity index (χ0n) is 22.5. The molecule has 4 nitrogen and oxygen atoms in total. The molecule has 0 radical (unpaired) electrons. The second-order valence-corrected chi connectivity index (χ2v) is 10.8. The number of fused-ring (bicyclic) bond motifs is 10. The van der Waals surface area contributed by atoms with Crippen LogP contribution in [0.25, 0.3) is 56.4 Å². The van der Waals surface area contributed by atoms with Gasteiger partial charge in [0.25, 0.3) is 0 Å². The number of rotatable bonds is 3. The van der Waals surface area contributed by atoms with Gasteiger partial charge in [-0.1, -0.05) is 127 Å². The van der Waals surface area contributed by atoms with Gasteiger partial charge in [-0.05, 0) is 39.4 Å². The lowest BCUT2D eigenvalue weighted by atomic mass is 9.73. The Labute approximate surface area is 243 Å². The number of benzene rings is 5. The molecule has 196 valence electrons. The fourth-order valence-corrected chi connectivity index (χ4v) is 6.96. The van der Waals surface area contributed by atoms with Gasteiger partial charge >= 0.3 is 0 Å². The Bertz CT molecular complexity index is 2090. The van der Waals surface area contributed by atoms with Crippen molar-refractivity contribution in [2.24, 2.45) is 0 Å². The molecular weight excluding hydrogens is 514 g/mol. The smallest absolute Gasteiger partial charge is 0.164 e. The lowest BCUT2D eigenvalue weighted by Crippen LogP contribution is -2.25. The van der Waals surface area contributed by atoms with Gasteiger partial charge in [-0.15, -0.1) is 0 Å². The first-order chi connectivity index (χ1) is 20.8. The van der Waals surface area contributed by atoms with Gasteiger partial charge in [0, 0.05) is 22.3 Å². The van der Waals surface area contributed by atoms with Crippen LogP contribution in [0.5, 0.6) is 0 Å². The number of hydrogen-bond donors (Lipinski definition) is 0. The maximum atomic E-state index is 6.37. The van der Waals surface area contributed by atoms with Gasteiger partial charge in [-0.25, -0.2) is 15.0 Å². The summed E-state index contributed by atoms with van der Waals surface area (Å²) >= 11 is 0. The Hall–Kier alpha value is -5.61. The number of furan rings is 1. The molecule has 0 saturated carbocycles. The van der Waals surface area contributed by atoms with E-state index in [0.717, 1.165) is 33.6 Å². The molecule has 2 aromatic heterocycles. The number of nitrogens with zero attached hydrogens (tertiary/aromatic N) is 3. The zero-order valence-corrected chi connectivity index (χ0v) is 22.5. The second kappa shape index (κ2) is 8.69. The van der Waals surface area contributed by atoms with Gasteiger partial charge in [0.1, 0.15) is 11.2 Å². The van der Waals surface area contributed by atoms with Crippen molar-refractivity contribution in [2.75, 3.05) is 0 Å². The van der Waals surface area contributed by atoms with Crippen molar-refractivity contribution in [3.63, 3.8) is 0 Å². The highest BCUT2D eigenvalue weighted by atomic mass is 16.3. The number of hydrogen-bond acceptors (Lipinski definition) is 4. The molecule has 9 rings (SSSR count). The highest BCUT2D eigenvalue weighted by molar-refractivity contribution is 5.98. The van der Waals surface area contributed by atoms with Gasteiger partial charge in [-0.3, -0.25) is 0 Å². The largest absolute Gasteiger partial charge is 0.467 e. The van der Waals surface area contributed by atoms with E-state index in [1.54, 1.807) is 0 Å². The second-order valence-electron chi connectivity index (χ2n) is 10.8. The number of aromatic nitrogens is 3. The predicted molar refractivity (Wildman–Crippen MR) is 165 cm³/mol. The van der Waals surface area contributed by atoms with Crippen LogP contribution in [-0.2, 0) is 5.41 Å². The molecule has 0 saturated heterocycles. The highest BCUT2D eigenvalue weighted by Gasteiger charge is 2.54. The molecule has 0 aliphatic heterocycles. The third-order valence-corrected chi connectivity index (χ3v) is 8.64. The van der Waals surface area contributed by atoms with Gasteiger partial charge in [0.2, 0.25) is 0 Å². The maximum absolute atomic E-state index is 6.37. The van der Waals surface area contributed by atoms with Crippen molar-refractivity contribution in [3.8, 4) is 56.4 Å². The van der Waals surface area contributed by atoms with E-state index in [4.69, 9.17) is 19.4 Å².